The topological polar surface area (TPSA) is 89.9 Å². The maximum Gasteiger partial charge on any atom is 0.337 e. The van der Waals surface area contributed by atoms with Gasteiger partial charge in [-0.25, -0.2) is 9.59 Å². The first kappa shape index (κ1) is 14.8. The van der Waals surface area contributed by atoms with Crippen LogP contribution < -0.4 is 5.32 Å². The maximum atomic E-state index is 11.8. The van der Waals surface area contributed by atoms with Crippen molar-refractivity contribution in [3.8, 4) is 0 Å². The number of amides is 2. The predicted octanol–water partition coefficient (Wildman–Crippen LogP) is 0.654. The average Bonchev–Trinajstić information content (AvgIpc) is 2.25. The van der Waals surface area contributed by atoms with Crippen LogP contribution in [0.15, 0.2) is 0 Å². The Morgan fingerprint density at radius 1 is 1.33 bits per heavy atom. The van der Waals surface area contributed by atoms with Crippen LogP contribution in [0.25, 0.3) is 0 Å². The molecule has 1 aliphatic rings. The highest BCUT2D eigenvalue weighted by molar-refractivity contribution is 5.79. The zero-order valence-electron chi connectivity index (χ0n) is 11.2. The van der Waals surface area contributed by atoms with Crippen molar-refractivity contribution in [1.82, 2.24) is 10.2 Å². The third-order valence-corrected chi connectivity index (χ3v) is 3.45. The number of urea groups is 1. The minimum atomic E-state index is -1.93. The summed E-state index contributed by atoms with van der Waals surface area (Å²) in [5.74, 6) is -1.34. The van der Waals surface area contributed by atoms with Gasteiger partial charge < -0.3 is 20.4 Å². The van der Waals surface area contributed by atoms with E-state index in [1.165, 1.54) is 0 Å². The molecule has 1 saturated heterocycles. The molecule has 1 aliphatic heterocycles. The number of carboxylic acid groups (broad SMARTS) is 1. The number of hydrogen-bond acceptors (Lipinski definition) is 3. The average molecular weight is 258 g/mol. The van der Waals surface area contributed by atoms with Crippen LogP contribution in [0, 0.1) is 5.41 Å². The lowest BCUT2D eigenvalue weighted by Crippen LogP contribution is -2.52. The number of piperidine rings is 1. The van der Waals surface area contributed by atoms with Gasteiger partial charge in [-0.15, -0.1) is 0 Å². The van der Waals surface area contributed by atoms with Crippen molar-refractivity contribution in [2.24, 2.45) is 5.41 Å². The van der Waals surface area contributed by atoms with E-state index in [4.69, 9.17) is 5.11 Å². The molecule has 0 saturated carbocycles. The van der Waals surface area contributed by atoms with Crippen LogP contribution in [0.1, 0.15) is 33.6 Å². The Morgan fingerprint density at radius 2 is 1.83 bits per heavy atom. The molecule has 3 N–H and O–H groups in total. The quantitative estimate of drug-likeness (QED) is 0.693. The molecular weight excluding hydrogens is 236 g/mol. The highest BCUT2D eigenvalue weighted by atomic mass is 16.4. The fourth-order valence-electron chi connectivity index (χ4n) is 1.75. The van der Waals surface area contributed by atoms with Crippen molar-refractivity contribution in [1.29, 1.82) is 0 Å². The first-order valence-corrected chi connectivity index (χ1v) is 6.13. The molecule has 0 aromatic rings. The summed E-state index contributed by atoms with van der Waals surface area (Å²) >= 11 is 0. The lowest BCUT2D eigenvalue weighted by atomic mass is 9.83. The summed E-state index contributed by atoms with van der Waals surface area (Å²) < 4.78 is 0. The van der Waals surface area contributed by atoms with Gasteiger partial charge in [-0.2, -0.15) is 0 Å². The van der Waals surface area contributed by atoms with Gasteiger partial charge in [0.2, 0.25) is 0 Å². The Hall–Kier alpha value is -1.30. The summed E-state index contributed by atoms with van der Waals surface area (Å²) in [4.78, 5) is 24.1. The first-order valence-electron chi connectivity index (χ1n) is 6.13. The number of carbonyl (C=O) groups excluding carboxylic acids is 1. The number of hydrogen-bond donors (Lipinski definition) is 3. The van der Waals surface area contributed by atoms with Crippen LogP contribution in [-0.4, -0.2) is 52.3 Å². The minimum absolute atomic E-state index is 0.253. The molecule has 0 bridgehead atoms. The van der Waals surface area contributed by atoms with Crippen LogP contribution in [0.2, 0.25) is 0 Å². The summed E-state index contributed by atoms with van der Waals surface area (Å²) in [5.41, 5.74) is -1.67. The standard InChI is InChI=1S/C12H22N2O4/c1-11(2)4-6-14(7-5-11)10(17)13-8-12(3,18)9(15)16/h18H,4-8H2,1-3H3,(H,13,17)(H,15,16). The highest BCUT2D eigenvalue weighted by Gasteiger charge is 2.32. The van der Waals surface area contributed by atoms with E-state index in [0.717, 1.165) is 19.8 Å². The molecular formula is C12H22N2O4. The summed E-state index contributed by atoms with van der Waals surface area (Å²) in [5, 5.41) is 20.7. The van der Waals surface area contributed by atoms with E-state index in [9.17, 15) is 14.7 Å². The lowest BCUT2D eigenvalue weighted by molar-refractivity contribution is -0.155. The van der Waals surface area contributed by atoms with Crippen LogP contribution in [-0.2, 0) is 4.79 Å². The molecule has 104 valence electrons. The number of aliphatic carboxylic acids is 1. The van der Waals surface area contributed by atoms with Crippen molar-refractivity contribution in [3.63, 3.8) is 0 Å². The molecule has 1 fully saturated rings. The van der Waals surface area contributed by atoms with E-state index in [1.807, 2.05) is 0 Å². The normalized spacial score (nSPS) is 22.1. The van der Waals surface area contributed by atoms with E-state index >= 15 is 0 Å². The number of carbonyl (C=O) groups is 2. The minimum Gasteiger partial charge on any atom is -0.479 e. The second kappa shape index (κ2) is 5.14. The molecule has 0 radical (unpaired) electrons. The summed E-state index contributed by atoms with van der Waals surface area (Å²) in [7, 11) is 0. The van der Waals surface area contributed by atoms with Gasteiger partial charge in [-0.05, 0) is 25.2 Å². The first-order chi connectivity index (χ1) is 8.14. The lowest BCUT2D eigenvalue weighted by Gasteiger charge is -2.37. The second-order valence-corrected chi connectivity index (χ2v) is 5.89. The number of nitrogens with one attached hydrogen (secondary N) is 1. The SMILES string of the molecule is CC1(C)CCN(C(=O)NCC(C)(O)C(=O)O)CC1. The molecule has 6 heteroatoms. The summed E-state index contributed by atoms with van der Waals surface area (Å²) in [6.07, 6.45) is 1.85. The van der Waals surface area contributed by atoms with Gasteiger partial charge in [0.05, 0.1) is 6.54 Å². The third kappa shape index (κ3) is 3.87. The molecule has 6 nitrogen and oxygen atoms in total. The monoisotopic (exact) mass is 258 g/mol. The molecule has 0 aromatic heterocycles. The van der Waals surface area contributed by atoms with Crippen molar-refractivity contribution in [2.45, 2.75) is 39.2 Å². The van der Waals surface area contributed by atoms with Crippen LogP contribution in [0.3, 0.4) is 0 Å². The number of carboxylic acids is 1. The fraction of sp³-hybridized carbons (Fsp3) is 0.833. The number of rotatable bonds is 3. The molecule has 2 amide bonds. The molecule has 18 heavy (non-hydrogen) atoms. The molecule has 1 atom stereocenters. The van der Waals surface area contributed by atoms with Crippen molar-refractivity contribution in [2.75, 3.05) is 19.6 Å². The zero-order chi connectivity index (χ0) is 14.0. The van der Waals surface area contributed by atoms with Gasteiger partial charge in [0.25, 0.3) is 0 Å². The third-order valence-electron chi connectivity index (χ3n) is 3.45. The molecule has 1 heterocycles. The predicted molar refractivity (Wildman–Crippen MR) is 66.2 cm³/mol. The number of aliphatic hydroxyl groups is 1. The largest absolute Gasteiger partial charge is 0.479 e. The Balaban J connectivity index is 2.41. The number of likely N-dealkylation sites (tertiary alicyclic amines) is 1. The molecule has 0 spiro atoms. The smallest absolute Gasteiger partial charge is 0.337 e. The zero-order valence-corrected chi connectivity index (χ0v) is 11.2. The van der Waals surface area contributed by atoms with Gasteiger partial charge in [-0.3, -0.25) is 0 Å². The van der Waals surface area contributed by atoms with Crippen LogP contribution >= 0.6 is 0 Å². The van der Waals surface area contributed by atoms with Crippen molar-refractivity contribution >= 4 is 12.0 Å². The maximum absolute atomic E-state index is 11.8. The Bertz CT molecular complexity index is 329. The fourth-order valence-corrected chi connectivity index (χ4v) is 1.75. The summed E-state index contributed by atoms with van der Waals surface area (Å²) in [6.45, 7) is 6.52. The van der Waals surface area contributed by atoms with E-state index in [1.54, 1.807) is 4.90 Å². The van der Waals surface area contributed by atoms with Crippen molar-refractivity contribution < 1.29 is 19.8 Å². The highest BCUT2D eigenvalue weighted by Crippen LogP contribution is 2.29. The van der Waals surface area contributed by atoms with Crippen molar-refractivity contribution in [3.05, 3.63) is 0 Å². The Labute approximate surface area is 107 Å². The molecule has 1 rings (SSSR count). The molecule has 0 aromatic carbocycles. The van der Waals surface area contributed by atoms with Gasteiger partial charge in [-0.1, -0.05) is 13.8 Å². The summed E-state index contributed by atoms with van der Waals surface area (Å²) in [6, 6.07) is -0.313. The van der Waals surface area contributed by atoms with Crippen LogP contribution in [0.4, 0.5) is 4.79 Å². The number of nitrogens with zero attached hydrogens (tertiary/aromatic N) is 1. The van der Waals surface area contributed by atoms with Gasteiger partial charge >= 0.3 is 12.0 Å². The van der Waals surface area contributed by atoms with E-state index in [2.05, 4.69) is 19.2 Å². The van der Waals surface area contributed by atoms with E-state index < -0.39 is 11.6 Å². The molecule has 0 aliphatic carbocycles. The van der Waals surface area contributed by atoms with Gasteiger partial charge in [0, 0.05) is 13.1 Å². The second-order valence-electron chi connectivity index (χ2n) is 5.89. The Morgan fingerprint density at radius 3 is 2.28 bits per heavy atom. The molecule has 1 unspecified atom stereocenters. The van der Waals surface area contributed by atoms with E-state index in [-0.39, 0.29) is 18.0 Å². The Kier molecular flexibility index (Phi) is 4.21. The van der Waals surface area contributed by atoms with Gasteiger partial charge in [0.15, 0.2) is 5.60 Å². The van der Waals surface area contributed by atoms with Gasteiger partial charge in [0.1, 0.15) is 0 Å². The van der Waals surface area contributed by atoms with E-state index in [0.29, 0.717) is 13.1 Å². The van der Waals surface area contributed by atoms with Crippen LogP contribution in [0.5, 0.6) is 0 Å².